The van der Waals surface area contributed by atoms with Gasteiger partial charge in [0.1, 0.15) is 18.1 Å². The number of rotatable bonds is 9. The lowest BCUT2D eigenvalue weighted by atomic mass is 10.0. The first-order valence-electron chi connectivity index (χ1n) is 8.79. The number of amides is 1. The third-order valence-corrected chi connectivity index (χ3v) is 3.26. The average Bonchev–Trinajstić information content (AvgIpc) is 2.66. The standard InChI is InChI=1S/C6H13NO2.C4H8N2O3.C4H9NO3.C2H5NO2/c1-3-4(2)5(7)6(8)9;5-2(4(8)9)1-3(6)7;1-2(6)3(5)4(7)8;3-1-2(4)5/h4-5H,3,7H2,1-2H3,(H,8,9);2H,1,5H2,(H2,6,7)(H,8,9);2-3,6H,5H2,1H3,(H,7,8);1,3H2,(H,4,5)/t4-,5-;2-;2-,3+;/m001./s1. The van der Waals surface area contributed by atoms with Gasteiger partial charge in [-0.2, -0.15) is 0 Å². The lowest BCUT2D eigenvalue weighted by Gasteiger charge is -2.11. The maximum absolute atomic E-state index is 10.2. The Morgan fingerprint density at radius 2 is 1.16 bits per heavy atom. The van der Waals surface area contributed by atoms with Crippen molar-refractivity contribution in [2.45, 2.75) is 57.8 Å². The predicted molar refractivity (Wildman–Crippen MR) is 108 cm³/mol. The Bertz CT molecular complexity index is 559. The molecule has 15 N–H and O–H groups in total. The van der Waals surface area contributed by atoms with Gasteiger partial charge in [-0.3, -0.25) is 24.0 Å². The van der Waals surface area contributed by atoms with Gasteiger partial charge in [-0.15, -0.1) is 0 Å². The second-order valence-electron chi connectivity index (χ2n) is 6.07. The molecule has 0 aliphatic rings. The number of primary amides is 1. The average molecular weight is 457 g/mol. The van der Waals surface area contributed by atoms with Gasteiger partial charge in [0, 0.05) is 0 Å². The van der Waals surface area contributed by atoms with Crippen LogP contribution in [-0.4, -0.2) is 86.1 Å². The quantitative estimate of drug-likeness (QED) is 0.161. The van der Waals surface area contributed by atoms with Gasteiger partial charge in [0.2, 0.25) is 5.91 Å². The van der Waals surface area contributed by atoms with E-state index in [4.69, 9.17) is 42.7 Å². The largest absolute Gasteiger partial charge is 0.480 e. The maximum Gasteiger partial charge on any atom is 0.323 e. The zero-order chi connectivity index (χ0) is 25.9. The first kappa shape index (κ1) is 35.6. The fourth-order valence-electron chi connectivity index (χ4n) is 1.01. The molecule has 0 radical (unpaired) electrons. The van der Waals surface area contributed by atoms with Crippen molar-refractivity contribution in [3.05, 3.63) is 0 Å². The number of aliphatic hydroxyl groups is 1. The summed E-state index contributed by atoms with van der Waals surface area (Å²) in [5.74, 6) is -4.91. The molecule has 0 heterocycles. The highest BCUT2D eigenvalue weighted by atomic mass is 16.4. The normalized spacial score (nSPS) is 14.2. The first-order chi connectivity index (χ1) is 14.0. The fourth-order valence-corrected chi connectivity index (χ4v) is 1.01. The number of carbonyl (C=O) groups excluding carboxylic acids is 1. The van der Waals surface area contributed by atoms with E-state index >= 15 is 0 Å². The van der Waals surface area contributed by atoms with Gasteiger partial charge in [-0.05, 0) is 12.8 Å². The minimum Gasteiger partial charge on any atom is -0.480 e. The van der Waals surface area contributed by atoms with Crippen molar-refractivity contribution in [3.8, 4) is 0 Å². The van der Waals surface area contributed by atoms with Crippen LogP contribution in [0.4, 0.5) is 0 Å². The SMILES string of the molecule is CC[C@H](C)[C@H](N)C(=O)O.C[C@@H](O)[C@H](N)C(=O)O.NC(=O)C[C@H](N)C(=O)O.NCC(=O)O. The summed E-state index contributed by atoms with van der Waals surface area (Å²) in [5, 5.41) is 40.6. The number of aliphatic carboxylic acids is 4. The molecule has 0 aromatic carbocycles. The minimum absolute atomic E-state index is 0.0718. The third-order valence-electron chi connectivity index (χ3n) is 3.26. The van der Waals surface area contributed by atoms with Crippen LogP contribution in [0.15, 0.2) is 0 Å². The highest BCUT2D eigenvalue weighted by Crippen LogP contribution is 2.04. The van der Waals surface area contributed by atoms with Gasteiger partial charge in [-0.25, -0.2) is 0 Å². The van der Waals surface area contributed by atoms with E-state index in [-0.39, 0.29) is 18.9 Å². The van der Waals surface area contributed by atoms with Crippen LogP contribution in [0, 0.1) is 5.92 Å². The van der Waals surface area contributed by atoms with Crippen molar-refractivity contribution in [3.63, 3.8) is 0 Å². The molecule has 1 amide bonds. The lowest BCUT2D eigenvalue weighted by Crippen LogP contribution is -2.39. The molecule has 0 aromatic rings. The van der Waals surface area contributed by atoms with E-state index in [2.05, 4.69) is 11.5 Å². The molecule has 0 fully saturated rings. The lowest BCUT2D eigenvalue weighted by molar-refractivity contribution is -0.141. The van der Waals surface area contributed by atoms with E-state index < -0.39 is 54.0 Å². The molecule has 31 heavy (non-hydrogen) atoms. The summed E-state index contributed by atoms with van der Waals surface area (Å²) in [6, 6.07) is -3.02. The van der Waals surface area contributed by atoms with Crippen molar-refractivity contribution >= 4 is 29.8 Å². The van der Waals surface area contributed by atoms with E-state index in [9.17, 15) is 24.0 Å². The van der Waals surface area contributed by atoms with Crippen molar-refractivity contribution in [2.24, 2.45) is 34.6 Å². The zero-order valence-electron chi connectivity index (χ0n) is 17.7. The molecule has 0 saturated carbocycles. The fraction of sp³-hybridized carbons (Fsp3) is 0.688. The van der Waals surface area contributed by atoms with Gasteiger partial charge in [0.05, 0.1) is 19.1 Å². The van der Waals surface area contributed by atoms with Crippen molar-refractivity contribution < 1.29 is 49.5 Å². The van der Waals surface area contributed by atoms with Crippen LogP contribution in [0.2, 0.25) is 0 Å². The number of carboxylic acid groups (broad SMARTS) is 4. The molecule has 0 spiro atoms. The van der Waals surface area contributed by atoms with Crippen molar-refractivity contribution in [1.82, 2.24) is 0 Å². The molecule has 0 rings (SSSR count). The summed E-state index contributed by atoms with van der Waals surface area (Å²) in [4.78, 5) is 49.2. The Morgan fingerprint density at radius 1 is 0.806 bits per heavy atom. The van der Waals surface area contributed by atoms with Crippen molar-refractivity contribution in [2.75, 3.05) is 6.54 Å². The van der Waals surface area contributed by atoms with Gasteiger partial charge in [0.25, 0.3) is 0 Å². The van der Waals surface area contributed by atoms with Gasteiger partial charge in [0.15, 0.2) is 0 Å². The van der Waals surface area contributed by atoms with E-state index in [1.165, 1.54) is 6.92 Å². The van der Waals surface area contributed by atoms with E-state index in [0.29, 0.717) is 0 Å². The first-order valence-corrected chi connectivity index (χ1v) is 8.79. The summed E-state index contributed by atoms with van der Waals surface area (Å²) in [5.41, 5.74) is 24.3. The molecule has 15 nitrogen and oxygen atoms in total. The van der Waals surface area contributed by atoms with E-state index in [1.807, 2.05) is 13.8 Å². The Kier molecular flexibility index (Phi) is 23.4. The van der Waals surface area contributed by atoms with Crippen molar-refractivity contribution in [1.29, 1.82) is 0 Å². The van der Waals surface area contributed by atoms with Gasteiger partial charge < -0.3 is 54.2 Å². The highest BCUT2D eigenvalue weighted by Gasteiger charge is 2.17. The molecule has 0 aromatic heterocycles. The van der Waals surface area contributed by atoms with Crippen LogP contribution in [0.5, 0.6) is 0 Å². The number of carbonyl (C=O) groups is 5. The van der Waals surface area contributed by atoms with Crippen LogP contribution in [0.25, 0.3) is 0 Å². The summed E-state index contributed by atoms with van der Waals surface area (Å²) >= 11 is 0. The van der Waals surface area contributed by atoms with Crippen LogP contribution in [0.3, 0.4) is 0 Å². The van der Waals surface area contributed by atoms with E-state index in [0.717, 1.165) is 6.42 Å². The summed E-state index contributed by atoms with van der Waals surface area (Å²) in [6.07, 6.45) is -0.476. The smallest absolute Gasteiger partial charge is 0.323 e. The third kappa shape index (κ3) is 27.1. The predicted octanol–water partition coefficient (Wildman–Crippen LogP) is -3.47. The second kappa shape index (κ2) is 20.4. The molecule has 184 valence electrons. The number of hydrogen-bond acceptors (Lipinski definition) is 10. The molecule has 5 atom stereocenters. The molecule has 0 aliphatic carbocycles. The molecule has 15 heteroatoms. The molecular formula is C16H35N5O10. The Morgan fingerprint density at radius 3 is 1.23 bits per heavy atom. The Balaban J connectivity index is -0.000000160. The second-order valence-corrected chi connectivity index (χ2v) is 6.07. The minimum atomic E-state index is -1.21. The molecule has 0 saturated heterocycles. The number of hydrogen-bond donors (Lipinski definition) is 10. The van der Waals surface area contributed by atoms with Gasteiger partial charge >= 0.3 is 23.9 Å². The molecule has 0 unspecified atom stereocenters. The maximum atomic E-state index is 10.2. The van der Waals surface area contributed by atoms with E-state index in [1.54, 1.807) is 0 Å². The number of nitrogens with two attached hydrogens (primary N) is 5. The molecule has 0 bridgehead atoms. The summed E-state index contributed by atoms with van der Waals surface area (Å²) in [7, 11) is 0. The number of aliphatic hydroxyl groups excluding tert-OH is 1. The van der Waals surface area contributed by atoms with Crippen LogP contribution >= 0.6 is 0 Å². The Hall–Kier alpha value is -2.85. The summed E-state index contributed by atoms with van der Waals surface area (Å²) in [6.45, 7) is 4.81. The van der Waals surface area contributed by atoms with Crippen LogP contribution < -0.4 is 28.7 Å². The zero-order valence-corrected chi connectivity index (χ0v) is 17.7. The monoisotopic (exact) mass is 457 g/mol. The molecule has 0 aliphatic heterocycles. The van der Waals surface area contributed by atoms with Crippen LogP contribution in [-0.2, 0) is 24.0 Å². The topological polar surface area (TPSA) is 317 Å². The summed E-state index contributed by atoms with van der Waals surface area (Å²) < 4.78 is 0. The highest BCUT2D eigenvalue weighted by molar-refractivity contribution is 5.83. The van der Waals surface area contributed by atoms with Gasteiger partial charge in [-0.1, -0.05) is 20.3 Å². The van der Waals surface area contributed by atoms with Crippen LogP contribution in [0.1, 0.15) is 33.6 Å². The molecular weight excluding hydrogens is 422 g/mol. The Labute approximate surface area is 179 Å². The number of carboxylic acids is 4.